The SMILES string of the molecule is CCCCc1cnc(-c2ccc(C(=O)O[C@H]3CC[C@H](CCCC)CC3)cc2)nc1. The highest BCUT2D eigenvalue weighted by Crippen LogP contribution is 2.30. The molecule has 0 unspecified atom stereocenters. The Labute approximate surface area is 175 Å². The summed E-state index contributed by atoms with van der Waals surface area (Å²) < 4.78 is 5.76. The number of hydrogen-bond donors (Lipinski definition) is 0. The van der Waals surface area contributed by atoms with Crippen molar-refractivity contribution in [3.8, 4) is 11.4 Å². The molecule has 0 saturated heterocycles. The molecule has 3 rings (SSSR count). The summed E-state index contributed by atoms with van der Waals surface area (Å²) in [6.45, 7) is 4.42. The second-order valence-electron chi connectivity index (χ2n) is 8.29. The zero-order valence-electron chi connectivity index (χ0n) is 17.9. The second kappa shape index (κ2) is 11.1. The number of ether oxygens (including phenoxy) is 1. The lowest BCUT2D eigenvalue weighted by Crippen LogP contribution is -2.24. The smallest absolute Gasteiger partial charge is 0.338 e. The lowest BCUT2D eigenvalue weighted by molar-refractivity contribution is 0.0161. The first-order chi connectivity index (χ1) is 14.2. The van der Waals surface area contributed by atoms with Crippen molar-refractivity contribution in [1.82, 2.24) is 9.97 Å². The van der Waals surface area contributed by atoms with Crippen LogP contribution in [0.1, 0.15) is 87.6 Å². The Kier molecular flexibility index (Phi) is 8.21. The number of nitrogens with zero attached hydrogens (tertiary/aromatic N) is 2. The minimum atomic E-state index is -0.218. The van der Waals surface area contributed by atoms with E-state index in [2.05, 4.69) is 23.8 Å². The van der Waals surface area contributed by atoms with Crippen LogP contribution < -0.4 is 0 Å². The molecule has 29 heavy (non-hydrogen) atoms. The number of aromatic nitrogens is 2. The van der Waals surface area contributed by atoms with Crippen molar-refractivity contribution in [2.45, 2.75) is 84.2 Å². The average Bonchev–Trinajstić information content (AvgIpc) is 2.77. The van der Waals surface area contributed by atoms with Crippen LogP contribution in [0.3, 0.4) is 0 Å². The first-order valence-electron chi connectivity index (χ1n) is 11.3. The molecule has 1 saturated carbocycles. The molecule has 156 valence electrons. The van der Waals surface area contributed by atoms with Crippen LogP contribution in [-0.2, 0) is 11.2 Å². The number of hydrogen-bond acceptors (Lipinski definition) is 4. The number of benzene rings is 1. The number of carbonyl (C=O) groups excluding carboxylic acids is 1. The van der Waals surface area contributed by atoms with Gasteiger partial charge in [0.15, 0.2) is 5.82 Å². The summed E-state index contributed by atoms with van der Waals surface area (Å²) >= 11 is 0. The molecule has 4 nitrogen and oxygen atoms in total. The number of carbonyl (C=O) groups is 1. The van der Waals surface area contributed by atoms with Crippen LogP contribution in [0.15, 0.2) is 36.7 Å². The largest absolute Gasteiger partial charge is 0.459 e. The maximum absolute atomic E-state index is 12.5. The van der Waals surface area contributed by atoms with Gasteiger partial charge in [-0.3, -0.25) is 0 Å². The Morgan fingerprint density at radius 3 is 2.24 bits per heavy atom. The second-order valence-corrected chi connectivity index (χ2v) is 8.29. The van der Waals surface area contributed by atoms with Crippen molar-refractivity contribution in [2.75, 3.05) is 0 Å². The normalized spacial score (nSPS) is 19.1. The molecule has 0 bridgehead atoms. The predicted octanol–water partition coefficient (Wildman–Crippen LogP) is 6.39. The van der Waals surface area contributed by atoms with E-state index in [1.165, 1.54) is 44.1 Å². The summed E-state index contributed by atoms with van der Waals surface area (Å²) in [5.74, 6) is 1.29. The third kappa shape index (κ3) is 6.38. The lowest BCUT2D eigenvalue weighted by atomic mass is 9.84. The summed E-state index contributed by atoms with van der Waals surface area (Å²) in [6.07, 6.45) is 15.5. The van der Waals surface area contributed by atoms with Gasteiger partial charge in [-0.05, 0) is 62.1 Å². The minimum Gasteiger partial charge on any atom is -0.459 e. The molecule has 1 fully saturated rings. The summed E-state index contributed by atoms with van der Waals surface area (Å²) in [5.41, 5.74) is 2.68. The standard InChI is InChI=1S/C25H34N2O2/c1-3-5-7-19-9-15-23(16-10-19)29-25(28)22-13-11-21(12-14-22)24-26-17-20(18-27-24)8-6-4-2/h11-14,17-19,23H,3-10,15-16H2,1-2H3/t19-,23-. The molecule has 0 atom stereocenters. The third-order valence-corrected chi connectivity index (χ3v) is 5.94. The highest BCUT2D eigenvalue weighted by molar-refractivity contribution is 5.90. The zero-order valence-corrected chi connectivity index (χ0v) is 17.9. The molecule has 1 aromatic heterocycles. The van der Waals surface area contributed by atoms with E-state index in [9.17, 15) is 4.79 Å². The van der Waals surface area contributed by atoms with Gasteiger partial charge >= 0.3 is 5.97 Å². The molecule has 0 spiro atoms. The van der Waals surface area contributed by atoms with Crippen molar-refractivity contribution < 1.29 is 9.53 Å². The lowest BCUT2D eigenvalue weighted by Gasteiger charge is -2.28. The first kappa shape index (κ1) is 21.5. The maximum atomic E-state index is 12.5. The van der Waals surface area contributed by atoms with Gasteiger partial charge in [0.05, 0.1) is 5.56 Å². The van der Waals surface area contributed by atoms with Crippen molar-refractivity contribution in [3.63, 3.8) is 0 Å². The first-order valence-corrected chi connectivity index (χ1v) is 11.3. The summed E-state index contributed by atoms with van der Waals surface area (Å²) in [7, 11) is 0. The Morgan fingerprint density at radius 1 is 0.966 bits per heavy atom. The molecular weight excluding hydrogens is 360 g/mol. The van der Waals surface area contributed by atoms with Gasteiger partial charge in [-0.2, -0.15) is 0 Å². The van der Waals surface area contributed by atoms with E-state index in [4.69, 9.17) is 4.74 Å². The van der Waals surface area contributed by atoms with Crippen LogP contribution in [0.5, 0.6) is 0 Å². The van der Waals surface area contributed by atoms with E-state index in [1.54, 1.807) is 0 Å². The third-order valence-electron chi connectivity index (χ3n) is 5.94. The van der Waals surface area contributed by atoms with Crippen LogP contribution >= 0.6 is 0 Å². The van der Waals surface area contributed by atoms with Gasteiger partial charge < -0.3 is 4.74 Å². The van der Waals surface area contributed by atoms with Crippen LogP contribution in [0, 0.1) is 5.92 Å². The van der Waals surface area contributed by atoms with Gasteiger partial charge in [-0.15, -0.1) is 0 Å². The van der Waals surface area contributed by atoms with Gasteiger partial charge in [0.1, 0.15) is 6.10 Å². The highest BCUT2D eigenvalue weighted by atomic mass is 16.5. The summed E-state index contributed by atoms with van der Waals surface area (Å²) in [6, 6.07) is 7.44. The quantitative estimate of drug-likeness (QED) is 0.462. The van der Waals surface area contributed by atoms with Gasteiger partial charge in [0, 0.05) is 18.0 Å². The fourth-order valence-electron chi connectivity index (χ4n) is 4.02. The summed E-state index contributed by atoms with van der Waals surface area (Å²) in [4.78, 5) is 21.4. The van der Waals surface area contributed by atoms with Crippen LogP contribution in [0.4, 0.5) is 0 Å². The van der Waals surface area contributed by atoms with E-state index < -0.39 is 0 Å². The van der Waals surface area contributed by atoms with Crippen LogP contribution in [-0.4, -0.2) is 22.0 Å². The van der Waals surface area contributed by atoms with Crippen molar-refractivity contribution in [2.24, 2.45) is 5.92 Å². The van der Waals surface area contributed by atoms with Crippen molar-refractivity contribution >= 4 is 5.97 Å². The van der Waals surface area contributed by atoms with E-state index in [1.807, 2.05) is 36.7 Å². The van der Waals surface area contributed by atoms with E-state index in [0.29, 0.717) is 11.4 Å². The predicted molar refractivity (Wildman–Crippen MR) is 117 cm³/mol. The van der Waals surface area contributed by atoms with Gasteiger partial charge in [-0.1, -0.05) is 51.7 Å². The van der Waals surface area contributed by atoms with Gasteiger partial charge in [0.25, 0.3) is 0 Å². The molecule has 0 aliphatic heterocycles. The number of unbranched alkanes of at least 4 members (excludes halogenated alkanes) is 2. The molecular formula is C25H34N2O2. The Morgan fingerprint density at radius 2 is 1.62 bits per heavy atom. The topological polar surface area (TPSA) is 52.1 Å². The monoisotopic (exact) mass is 394 g/mol. The Balaban J connectivity index is 1.51. The zero-order chi connectivity index (χ0) is 20.5. The molecule has 1 aliphatic rings. The molecule has 1 aliphatic carbocycles. The Bertz CT molecular complexity index is 747. The van der Waals surface area contributed by atoms with Crippen molar-refractivity contribution in [3.05, 3.63) is 47.8 Å². The number of aryl methyl sites for hydroxylation is 1. The molecule has 1 heterocycles. The maximum Gasteiger partial charge on any atom is 0.338 e. The average molecular weight is 395 g/mol. The van der Waals surface area contributed by atoms with Gasteiger partial charge in [-0.25, -0.2) is 14.8 Å². The number of rotatable bonds is 9. The molecule has 2 aromatic rings. The molecule has 4 heteroatoms. The fourth-order valence-corrected chi connectivity index (χ4v) is 4.02. The van der Waals surface area contributed by atoms with E-state index in [0.717, 1.165) is 37.2 Å². The van der Waals surface area contributed by atoms with Crippen LogP contribution in [0.25, 0.3) is 11.4 Å². The summed E-state index contributed by atoms with van der Waals surface area (Å²) in [5, 5.41) is 0. The van der Waals surface area contributed by atoms with Crippen LogP contribution in [0.2, 0.25) is 0 Å². The van der Waals surface area contributed by atoms with E-state index in [-0.39, 0.29) is 12.1 Å². The van der Waals surface area contributed by atoms with Crippen molar-refractivity contribution in [1.29, 1.82) is 0 Å². The molecule has 0 N–H and O–H groups in total. The molecule has 1 aromatic carbocycles. The van der Waals surface area contributed by atoms with E-state index >= 15 is 0 Å². The molecule has 0 amide bonds. The fraction of sp³-hybridized carbons (Fsp3) is 0.560. The molecule has 0 radical (unpaired) electrons. The Hall–Kier alpha value is -2.23. The van der Waals surface area contributed by atoms with Gasteiger partial charge in [0.2, 0.25) is 0 Å². The number of esters is 1. The highest BCUT2D eigenvalue weighted by Gasteiger charge is 2.24. The minimum absolute atomic E-state index is 0.0686.